The van der Waals surface area contributed by atoms with E-state index in [0.29, 0.717) is 24.4 Å². The SMILES string of the molecule is CCNC1CC(CC(=O)O)CN(C(C)CC)C1. The lowest BCUT2D eigenvalue weighted by Crippen LogP contribution is -2.52. The molecule has 0 spiro atoms. The van der Waals surface area contributed by atoms with E-state index in [0.717, 1.165) is 32.5 Å². The van der Waals surface area contributed by atoms with Gasteiger partial charge in [-0.3, -0.25) is 9.69 Å². The fourth-order valence-electron chi connectivity index (χ4n) is 2.69. The van der Waals surface area contributed by atoms with Gasteiger partial charge in [-0.2, -0.15) is 0 Å². The number of aliphatic carboxylic acids is 1. The van der Waals surface area contributed by atoms with Gasteiger partial charge in [-0.05, 0) is 32.2 Å². The molecule has 1 heterocycles. The Morgan fingerprint density at radius 1 is 1.47 bits per heavy atom. The maximum atomic E-state index is 10.8. The quantitative estimate of drug-likeness (QED) is 0.742. The van der Waals surface area contributed by atoms with Crippen LogP contribution in [0, 0.1) is 5.92 Å². The molecule has 3 unspecified atom stereocenters. The van der Waals surface area contributed by atoms with Crippen LogP contribution >= 0.6 is 0 Å². The largest absolute Gasteiger partial charge is 0.481 e. The Bertz CT molecular complexity index is 246. The minimum atomic E-state index is -0.670. The lowest BCUT2D eigenvalue weighted by atomic mass is 9.90. The molecule has 0 aromatic heterocycles. The zero-order chi connectivity index (χ0) is 12.8. The number of likely N-dealkylation sites (tertiary alicyclic amines) is 1. The Kier molecular flexibility index (Phi) is 5.92. The number of likely N-dealkylation sites (N-methyl/N-ethyl adjacent to an activating group) is 1. The van der Waals surface area contributed by atoms with E-state index in [9.17, 15) is 4.79 Å². The summed E-state index contributed by atoms with van der Waals surface area (Å²) < 4.78 is 0. The molecule has 0 bridgehead atoms. The second-order valence-corrected chi connectivity index (χ2v) is 5.17. The predicted octanol–water partition coefficient (Wildman–Crippen LogP) is 1.56. The Labute approximate surface area is 104 Å². The summed E-state index contributed by atoms with van der Waals surface area (Å²) in [5.74, 6) is -0.379. The Hall–Kier alpha value is -0.610. The van der Waals surface area contributed by atoms with Crippen molar-refractivity contribution in [3.8, 4) is 0 Å². The minimum Gasteiger partial charge on any atom is -0.481 e. The van der Waals surface area contributed by atoms with Gasteiger partial charge in [0.15, 0.2) is 0 Å². The van der Waals surface area contributed by atoms with Gasteiger partial charge in [0.2, 0.25) is 0 Å². The van der Waals surface area contributed by atoms with E-state index in [2.05, 4.69) is 31.0 Å². The van der Waals surface area contributed by atoms with Crippen molar-refractivity contribution in [3.63, 3.8) is 0 Å². The number of carbonyl (C=O) groups is 1. The highest BCUT2D eigenvalue weighted by atomic mass is 16.4. The third-order valence-electron chi connectivity index (χ3n) is 3.74. The van der Waals surface area contributed by atoms with Crippen LogP contribution in [-0.4, -0.2) is 47.7 Å². The molecule has 1 rings (SSSR count). The second kappa shape index (κ2) is 6.97. The lowest BCUT2D eigenvalue weighted by molar-refractivity contribution is -0.138. The van der Waals surface area contributed by atoms with Gasteiger partial charge in [0.25, 0.3) is 0 Å². The van der Waals surface area contributed by atoms with Gasteiger partial charge in [-0.1, -0.05) is 13.8 Å². The molecule has 0 saturated carbocycles. The normalized spacial score (nSPS) is 27.9. The predicted molar refractivity (Wildman–Crippen MR) is 69.2 cm³/mol. The average molecular weight is 242 g/mol. The maximum absolute atomic E-state index is 10.8. The smallest absolute Gasteiger partial charge is 0.303 e. The van der Waals surface area contributed by atoms with E-state index in [4.69, 9.17) is 5.11 Å². The molecule has 1 fully saturated rings. The van der Waals surface area contributed by atoms with E-state index in [1.165, 1.54) is 0 Å². The summed E-state index contributed by atoms with van der Waals surface area (Å²) in [6, 6.07) is 1.000. The molecular formula is C13H26N2O2. The maximum Gasteiger partial charge on any atom is 0.303 e. The van der Waals surface area contributed by atoms with Crippen LogP contribution in [-0.2, 0) is 4.79 Å². The summed E-state index contributed by atoms with van der Waals surface area (Å²) in [6.07, 6.45) is 2.42. The van der Waals surface area contributed by atoms with Gasteiger partial charge < -0.3 is 10.4 Å². The van der Waals surface area contributed by atoms with E-state index in [1.807, 2.05) is 0 Å². The molecule has 17 heavy (non-hydrogen) atoms. The summed E-state index contributed by atoms with van der Waals surface area (Å²) in [6.45, 7) is 9.47. The standard InChI is InChI=1S/C13H26N2O2/c1-4-10(3)15-8-11(7-13(16)17)6-12(9-15)14-5-2/h10-12,14H,4-9H2,1-3H3,(H,16,17). The summed E-state index contributed by atoms with van der Waals surface area (Å²) in [4.78, 5) is 13.3. The van der Waals surface area contributed by atoms with Gasteiger partial charge in [0.1, 0.15) is 0 Å². The second-order valence-electron chi connectivity index (χ2n) is 5.17. The van der Waals surface area contributed by atoms with Crippen LogP contribution in [0.25, 0.3) is 0 Å². The summed E-state index contributed by atoms with van der Waals surface area (Å²) in [5.41, 5.74) is 0. The number of hydrogen-bond acceptors (Lipinski definition) is 3. The molecule has 0 aromatic carbocycles. The van der Waals surface area contributed by atoms with Crippen LogP contribution in [0.3, 0.4) is 0 Å². The van der Waals surface area contributed by atoms with Gasteiger partial charge in [0.05, 0.1) is 0 Å². The van der Waals surface area contributed by atoms with Gasteiger partial charge in [-0.15, -0.1) is 0 Å². The summed E-state index contributed by atoms with van der Waals surface area (Å²) in [7, 11) is 0. The summed E-state index contributed by atoms with van der Waals surface area (Å²) >= 11 is 0. The Morgan fingerprint density at radius 2 is 2.18 bits per heavy atom. The molecule has 0 aliphatic carbocycles. The number of carboxylic acid groups (broad SMARTS) is 1. The van der Waals surface area contributed by atoms with Gasteiger partial charge in [-0.25, -0.2) is 0 Å². The number of piperidine rings is 1. The van der Waals surface area contributed by atoms with Crippen LogP contribution in [0.1, 0.15) is 40.0 Å². The first kappa shape index (κ1) is 14.5. The Balaban J connectivity index is 2.58. The van der Waals surface area contributed by atoms with Crippen molar-refractivity contribution in [3.05, 3.63) is 0 Å². The molecule has 4 nitrogen and oxygen atoms in total. The number of rotatable bonds is 6. The van der Waals surface area contributed by atoms with Crippen molar-refractivity contribution in [2.45, 2.75) is 52.1 Å². The molecule has 100 valence electrons. The van der Waals surface area contributed by atoms with E-state index in [-0.39, 0.29) is 0 Å². The molecule has 1 saturated heterocycles. The van der Waals surface area contributed by atoms with Crippen LogP contribution in [0.5, 0.6) is 0 Å². The molecule has 4 heteroatoms. The first-order valence-corrected chi connectivity index (χ1v) is 6.76. The molecule has 0 radical (unpaired) electrons. The topological polar surface area (TPSA) is 52.6 Å². The van der Waals surface area contributed by atoms with E-state index < -0.39 is 5.97 Å². The molecule has 1 aliphatic rings. The molecule has 3 atom stereocenters. The van der Waals surface area contributed by atoms with Crippen molar-refractivity contribution in [1.82, 2.24) is 10.2 Å². The van der Waals surface area contributed by atoms with Crippen molar-refractivity contribution in [2.75, 3.05) is 19.6 Å². The van der Waals surface area contributed by atoms with Crippen LogP contribution in [0.4, 0.5) is 0 Å². The third-order valence-corrected chi connectivity index (χ3v) is 3.74. The van der Waals surface area contributed by atoms with Crippen molar-refractivity contribution in [1.29, 1.82) is 0 Å². The average Bonchev–Trinajstić information content (AvgIpc) is 2.27. The molecule has 2 N–H and O–H groups in total. The highest BCUT2D eigenvalue weighted by molar-refractivity contribution is 5.67. The molecule has 0 amide bonds. The molecule has 1 aliphatic heterocycles. The first-order valence-electron chi connectivity index (χ1n) is 6.76. The van der Waals surface area contributed by atoms with E-state index in [1.54, 1.807) is 0 Å². The fraction of sp³-hybridized carbons (Fsp3) is 0.923. The first-order chi connectivity index (χ1) is 8.06. The third kappa shape index (κ3) is 4.64. The van der Waals surface area contributed by atoms with E-state index >= 15 is 0 Å². The lowest BCUT2D eigenvalue weighted by Gasteiger charge is -2.40. The Morgan fingerprint density at radius 3 is 2.71 bits per heavy atom. The molecular weight excluding hydrogens is 216 g/mol. The number of nitrogens with one attached hydrogen (secondary N) is 1. The van der Waals surface area contributed by atoms with Crippen molar-refractivity contribution >= 4 is 5.97 Å². The van der Waals surface area contributed by atoms with Crippen molar-refractivity contribution < 1.29 is 9.90 Å². The highest BCUT2D eigenvalue weighted by Crippen LogP contribution is 2.22. The monoisotopic (exact) mass is 242 g/mol. The zero-order valence-electron chi connectivity index (χ0n) is 11.3. The van der Waals surface area contributed by atoms with Crippen LogP contribution < -0.4 is 5.32 Å². The van der Waals surface area contributed by atoms with Crippen LogP contribution in [0.15, 0.2) is 0 Å². The summed E-state index contributed by atoms with van der Waals surface area (Å²) in [5, 5.41) is 12.4. The van der Waals surface area contributed by atoms with Crippen LogP contribution in [0.2, 0.25) is 0 Å². The minimum absolute atomic E-state index is 0.291. The highest BCUT2D eigenvalue weighted by Gasteiger charge is 2.29. The number of nitrogens with zero attached hydrogens (tertiary/aromatic N) is 1. The fourth-order valence-corrected chi connectivity index (χ4v) is 2.69. The van der Waals surface area contributed by atoms with Gasteiger partial charge in [0, 0.05) is 31.6 Å². The van der Waals surface area contributed by atoms with Crippen molar-refractivity contribution in [2.24, 2.45) is 5.92 Å². The van der Waals surface area contributed by atoms with Gasteiger partial charge >= 0.3 is 5.97 Å². The number of hydrogen-bond donors (Lipinski definition) is 2. The zero-order valence-corrected chi connectivity index (χ0v) is 11.3. The number of carboxylic acids is 1. The molecule has 0 aromatic rings.